The topological polar surface area (TPSA) is 29.5 Å². The van der Waals surface area contributed by atoms with Crippen molar-refractivity contribution in [1.29, 1.82) is 0 Å². The van der Waals surface area contributed by atoms with Crippen LogP contribution < -0.4 is 0 Å². The Kier molecular flexibility index (Phi) is 4.22. The van der Waals surface area contributed by atoms with Crippen LogP contribution >= 0.6 is 0 Å². The molecule has 2 rings (SSSR count). The van der Waals surface area contributed by atoms with Crippen molar-refractivity contribution in [3.8, 4) is 0 Å². The highest BCUT2D eigenvalue weighted by molar-refractivity contribution is 5.27. The lowest BCUT2D eigenvalue weighted by Gasteiger charge is -2.45. The highest BCUT2D eigenvalue weighted by Crippen LogP contribution is 2.47. The monoisotopic (exact) mass is 280 g/mol. The number of methoxy groups -OCH3 is 1. The minimum Gasteiger partial charge on any atom is -0.385 e. The molecule has 0 radical (unpaired) electrons. The molecule has 0 aromatic heterocycles. The zero-order chi connectivity index (χ0) is 15.0. The van der Waals surface area contributed by atoms with Crippen molar-refractivity contribution in [2.24, 2.45) is 5.41 Å². The largest absolute Gasteiger partial charge is 0.385 e. The van der Waals surface area contributed by atoms with Gasteiger partial charge in [0.1, 0.15) is 11.9 Å². The molecule has 0 amide bonds. The van der Waals surface area contributed by atoms with E-state index >= 15 is 0 Å². The first-order valence-corrected chi connectivity index (χ1v) is 7.29. The van der Waals surface area contributed by atoms with E-state index in [9.17, 15) is 9.50 Å². The maximum absolute atomic E-state index is 13.7. The highest BCUT2D eigenvalue weighted by Gasteiger charge is 2.44. The average Bonchev–Trinajstić information content (AvgIpc) is 2.42. The van der Waals surface area contributed by atoms with Gasteiger partial charge in [-0.05, 0) is 55.2 Å². The number of ether oxygens (including phenoxy) is 1. The summed E-state index contributed by atoms with van der Waals surface area (Å²) in [7, 11) is 1.64. The van der Waals surface area contributed by atoms with Crippen molar-refractivity contribution in [3.05, 3.63) is 35.1 Å². The lowest BCUT2D eigenvalue weighted by atomic mass is 9.68. The summed E-state index contributed by atoms with van der Waals surface area (Å²) in [5.74, 6) is -0.274. The van der Waals surface area contributed by atoms with Crippen LogP contribution in [0.2, 0.25) is 0 Å². The van der Waals surface area contributed by atoms with Gasteiger partial charge in [0.05, 0.1) is 5.60 Å². The Hall–Kier alpha value is -0.930. The van der Waals surface area contributed by atoms with E-state index in [1.165, 1.54) is 6.07 Å². The van der Waals surface area contributed by atoms with Crippen LogP contribution in [0.4, 0.5) is 4.39 Å². The molecule has 1 aliphatic rings. The molecule has 1 aliphatic carbocycles. The van der Waals surface area contributed by atoms with Crippen molar-refractivity contribution in [2.45, 2.75) is 58.2 Å². The number of hydrogen-bond donors (Lipinski definition) is 1. The number of halogens is 1. The van der Waals surface area contributed by atoms with Gasteiger partial charge in [0, 0.05) is 7.11 Å². The van der Waals surface area contributed by atoms with Crippen LogP contribution in [0.15, 0.2) is 18.2 Å². The van der Waals surface area contributed by atoms with Gasteiger partial charge in [-0.15, -0.1) is 0 Å². The summed E-state index contributed by atoms with van der Waals surface area (Å²) < 4.78 is 19.4. The molecule has 2 nitrogen and oxygen atoms in total. The summed E-state index contributed by atoms with van der Waals surface area (Å²) >= 11 is 0. The Balaban J connectivity index is 2.25. The zero-order valence-electron chi connectivity index (χ0n) is 12.9. The molecule has 1 saturated carbocycles. The molecule has 1 aromatic carbocycles. The third-order valence-electron chi connectivity index (χ3n) is 4.87. The molecule has 0 spiro atoms. The Morgan fingerprint density at radius 1 is 1.20 bits per heavy atom. The molecule has 1 fully saturated rings. The van der Waals surface area contributed by atoms with Gasteiger partial charge in [0.15, 0.2) is 0 Å². The van der Waals surface area contributed by atoms with Crippen molar-refractivity contribution < 1.29 is 14.2 Å². The molecule has 20 heavy (non-hydrogen) atoms. The van der Waals surface area contributed by atoms with Crippen molar-refractivity contribution in [1.82, 2.24) is 0 Å². The van der Waals surface area contributed by atoms with E-state index in [0.717, 1.165) is 25.7 Å². The predicted molar refractivity (Wildman–Crippen MR) is 78.1 cm³/mol. The van der Waals surface area contributed by atoms with E-state index in [2.05, 4.69) is 13.8 Å². The van der Waals surface area contributed by atoms with Gasteiger partial charge in [-0.2, -0.15) is 0 Å². The number of aliphatic hydroxyl groups excluding tert-OH is 1. The first kappa shape index (κ1) is 15.5. The van der Waals surface area contributed by atoms with Gasteiger partial charge in [-0.1, -0.05) is 26.0 Å². The first-order valence-electron chi connectivity index (χ1n) is 7.29. The van der Waals surface area contributed by atoms with E-state index < -0.39 is 11.7 Å². The van der Waals surface area contributed by atoms with Gasteiger partial charge in [0.2, 0.25) is 0 Å². The molecule has 1 unspecified atom stereocenters. The van der Waals surface area contributed by atoms with Crippen LogP contribution in [0, 0.1) is 18.2 Å². The molecule has 1 aromatic rings. The van der Waals surface area contributed by atoms with Gasteiger partial charge in [-0.25, -0.2) is 4.39 Å². The van der Waals surface area contributed by atoms with E-state index in [4.69, 9.17) is 4.74 Å². The van der Waals surface area contributed by atoms with Gasteiger partial charge >= 0.3 is 0 Å². The molecular weight excluding hydrogens is 255 g/mol. The van der Waals surface area contributed by atoms with Crippen molar-refractivity contribution >= 4 is 0 Å². The lowest BCUT2D eigenvalue weighted by Crippen LogP contribution is -2.44. The predicted octanol–water partition coefficient (Wildman–Crippen LogP) is 4.15. The number of aryl methyl sites for hydroxylation is 1. The molecule has 1 atom stereocenters. The molecule has 112 valence electrons. The average molecular weight is 280 g/mol. The molecule has 0 bridgehead atoms. The molecular formula is C17H25FO2. The van der Waals surface area contributed by atoms with E-state index in [-0.39, 0.29) is 5.82 Å². The summed E-state index contributed by atoms with van der Waals surface area (Å²) in [5.41, 5.74) is 0.907. The Morgan fingerprint density at radius 3 is 2.30 bits per heavy atom. The second kappa shape index (κ2) is 5.45. The second-order valence-electron chi connectivity index (χ2n) is 6.84. The third-order valence-corrected chi connectivity index (χ3v) is 4.87. The maximum Gasteiger partial charge on any atom is 0.126 e. The molecule has 0 heterocycles. The van der Waals surface area contributed by atoms with Gasteiger partial charge in [-0.3, -0.25) is 0 Å². The van der Waals surface area contributed by atoms with Crippen LogP contribution in [0.25, 0.3) is 0 Å². The second-order valence-corrected chi connectivity index (χ2v) is 6.84. The third kappa shape index (κ3) is 2.89. The summed E-state index contributed by atoms with van der Waals surface area (Å²) in [6.45, 7) is 6.20. The fourth-order valence-corrected chi connectivity index (χ4v) is 3.02. The number of aliphatic hydroxyl groups is 1. The number of benzene rings is 1. The Morgan fingerprint density at radius 2 is 1.80 bits per heavy atom. The SMILES string of the molecule is COC1(C(O)c2ccc(C)c(F)c2)CCC(C)(C)CC1. The summed E-state index contributed by atoms with van der Waals surface area (Å²) in [5, 5.41) is 10.7. The van der Waals surface area contributed by atoms with Crippen LogP contribution in [-0.4, -0.2) is 17.8 Å². The van der Waals surface area contributed by atoms with E-state index in [0.29, 0.717) is 16.5 Å². The van der Waals surface area contributed by atoms with E-state index in [1.54, 1.807) is 26.2 Å². The molecule has 1 N–H and O–H groups in total. The van der Waals surface area contributed by atoms with E-state index in [1.807, 2.05) is 0 Å². The van der Waals surface area contributed by atoms with Crippen LogP contribution in [0.5, 0.6) is 0 Å². The van der Waals surface area contributed by atoms with Crippen LogP contribution in [0.1, 0.15) is 56.8 Å². The summed E-state index contributed by atoms with van der Waals surface area (Å²) in [6, 6.07) is 4.94. The molecule has 0 aliphatic heterocycles. The Bertz CT molecular complexity index is 472. The van der Waals surface area contributed by atoms with Crippen LogP contribution in [0.3, 0.4) is 0 Å². The van der Waals surface area contributed by atoms with Crippen molar-refractivity contribution in [2.75, 3.05) is 7.11 Å². The van der Waals surface area contributed by atoms with Gasteiger partial charge < -0.3 is 9.84 Å². The zero-order valence-corrected chi connectivity index (χ0v) is 12.9. The first-order chi connectivity index (χ1) is 9.30. The normalized spacial score (nSPS) is 22.5. The number of hydrogen-bond acceptors (Lipinski definition) is 2. The fourth-order valence-electron chi connectivity index (χ4n) is 3.02. The summed E-state index contributed by atoms with van der Waals surface area (Å²) in [4.78, 5) is 0. The molecule has 0 saturated heterocycles. The standard InChI is InChI=1S/C17H25FO2/c1-12-5-6-13(11-14(12)18)15(19)17(20-4)9-7-16(2,3)8-10-17/h5-6,11,15,19H,7-10H2,1-4H3. The smallest absolute Gasteiger partial charge is 0.126 e. The van der Waals surface area contributed by atoms with Crippen molar-refractivity contribution in [3.63, 3.8) is 0 Å². The maximum atomic E-state index is 13.7. The fraction of sp³-hybridized carbons (Fsp3) is 0.647. The quantitative estimate of drug-likeness (QED) is 0.901. The van der Waals surface area contributed by atoms with Crippen LogP contribution in [-0.2, 0) is 4.74 Å². The number of rotatable bonds is 3. The minimum atomic E-state index is -0.779. The highest BCUT2D eigenvalue weighted by atomic mass is 19.1. The molecule has 3 heteroatoms. The minimum absolute atomic E-state index is 0.274. The van der Waals surface area contributed by atoms with Gasteiger partial charge in [0.25, 0.3) is 0 Å². The summed E-state index contributed by atoms with van der Waals surface area (Å²) in [6.07, 6.45) is 2.83. The lowest BCUT2D eigenvalue weighted by molar-refractivity contribution is -0.138. The Labute approximate surface area is 121 Å².